The SMILES string of the molecule is O=C(NCCn1cc(Cl)cn1)c1cc(COc2ccccc2F)cs1. The Morgan fingerprint density at radius 1 is 1.40 bits per heavy atom. The summed E-state index contributed by atoms with van der Waals surface area (Å²) < 4.78 is 20.6. The number of aromatic nitrogens is 2. The number of nitrogens with zero attached hydrogens (tertiary/aromatic N) is 2. The molecule has 130 valence electrons. The molecule has 3 rings (SSSR count). The van der Waals surface area contributed by atoms with Crippen molar-refractivity contribution >= 4 is 28.8 Å². The number of amides is 1. The van der Waals surface area contributed by atoms with Crippen molar-refractivity contribution < 1.29 is 13.9 Å². The van der Waals surface area contributed by atoms with Gasteiger partial charge in [0, 0.05) is 18.3 Å². The average Bonchev–Trinajstić information content (AvgIpc) is 3.23. The van der Waals surface area contributed by atoms with Gasteiger partial charge in [0.15, 0.2) is 11.6 Å². The molecule has 0 radical (unpaired) electrons. The van der Waals surface area contributed by atoms with Crippen LogP contribution in [0.5, 0.6) is 5.75 Å². The van der Waals surface area contributed by atoms with Gasteiger partial charge in [-0.3, -0.25) is 9.48 Å². The van der Waals surface area contributed by atoms with E-state index >= 15 is 0 Å². The molecular weight excluding hydrogens is 365 g/mol. The number of para-hydroxylation sites is 1. The Hall–Kier alpha value is -2.38. The molecule has 25 heavy (non-hydrogen) atoms. The quantitative estimate of drug-likeness (QED) is 0.680. The molecule has 0 unspecified atom stereocenters. The zero-order valence-electron chi connectivity index (χ0n) is 13.1. The number of hydrogen-bond acceptors (Lipinski definition) is 4. The second-order valence-corrected chi connectivity index (χ2v) is 6.56. The van der Waals surface area contributed by atoms with Crippen molar-refractivity contribution in [3.8, 4) is 5.75 Å². The maximum absolute atomic E-state index is 13.5. The van der Waals surface area contributed by atoms with Crippen LogP contribution >= 0.6 is 22.9 Å². The standard InChI is InChI=1S/C17H15ClFN3O2S/c18-13-8-21-22(9-13)6-5-20-17(23)16-7-12(11-25-16)10-24-15-4-2-1-3-14(15)19/h1-4,7-9,11H,5-6,10H2,(H,20,23). The van der Waals surface area contributed by atoms with E-state index in [9.17, 15) is 9.18 Å². The van der Waals surface area contributed by atoms with E-state index in [2.05, 4.69) is 10.4 Å². The maximum atomic E-state index is 13.5. The largest absolute Gasteiger partial charge is 0.486 e. The van der Waals surface area contributed by atoms with E-state index in [4.69, 9.17) is 16.3 Å². The molecule has 3 aromatic rings. The molecular formula is C17H15ClFN3O2S. The second kappa shape index (κ2) is 8.13. The first kappa shape index (κ1) is 17.4. The van der Waals surface area contributed by atoms with Gasteiger partial charge in [-0.25, -0.2) is 4.39 Å². The van der Waals surface area contributed by atoms with E-state index in [1.54, 1.807) is 41.3 Å². The molecule has 0 aliphatic heterocycles. The molecule has 0 bridgehead atoms. The maximum Gasteiger partial charge on any atom is 0.261 e. The van der Waals surface area contributed by atoms with Crippen LogP contribution in [-0.4, -0.2) is 22.2 Å². The Morgan fingerprint density at radius 2 is 2.24 bits per heavy atom. The minimum atomic E-state index is -0.408. The highest BCUT2D eigenvalue weighted by atomic mass is 35.5. The van der Waals surface area contributed by atoms with Gasteiger partial charge in [0.2, 0.25) is 0 Å². The normalized spacial score (nSPS) is 10.6. The van der Waals surface area contributed by atoms with Gasteiger partial charge >= 0.3 is 0 Å². The van der Waals surface area contributed by atoms with E-state index in [1.807, 2.05) is 5.38 Å². The first-order valence-electron chi connectivity index (χ1n) is 7.53. The number of ether oxygens (including phenoxy) is 1. The lowest BCUT2D eigenvalue weighted by Gasteiger charge is -2.05. The number of nitrogens with one attached hydrogen (secondary N) is 1. The molecule has 0 aliphatic carbocycles. The third-order valence-corrected chi connectivity index (χ3v) is 4.51. The Morgan fingerprint density at radius 3 is 3.00 bits per heavy atom. The fourth-order valence-corrected chi connectivity index (χ4v) is 3.09. The number of halogens is 2. The van der Waals surface area contributed by atoms with Gasteiger partial charge in [0.1, 0.15) is 6.61 Å². The van der Waals surface area contributed by atoms with Gasteiger partial charge in [-0.2, -0.15) is 5.10 Å². The van der Waals surface area contributed by atoms with E-state index in [0.717, 1.165) is 5.56 Å². The van der Waals surface area contributed by atoms with Gasteiger partial charge in [0.05, 0.1) is 22.6 Å². The topological polar surface area (TPSA) is 56.2 Å². The summed E-state index contributed by atoms with van der Waals surface area (Å²) in [6.45, 7) is 1.18. The summed E-state index contributed by atoms with van der Waals surface area (Å²) in [7, 11) is 0. The van der Waals surface area contributed by atoms with Crippen LogP contribution in [0.1, 0.15) is 15.2 Å². The fourth-order valence-electron chi connectivity index (χ4n) is 2.12. The van der Waals surface area contributed by atoms with Crippen LogP contribution in [0.15, 0.2) is 48.1 Å². The molecule has 1 amide bonds. The highest BCUT2D eigenvalue weighted by Gasteiger charge is 2.10. The Bertz CT molecular complexity index is 865. The minimum absolute atomic E-state index is 0.166. The van der Waals surface area contributed by atoms with Gasteiger partial charge in [0.25, 0.3) is 5.91 Å². The highest BCUT2D eigenvalue weighted by Crippen LogP contribution is 2.20. The number of thiophene rings is 1. The number of carbonyl (C=O) groups excluding carboxylic acids is 1. The predicted octanol–water partition coefficient (Wildman–Crippen LogP) is 3.75. The lowest BCUT2D eigenvalue weighted by Crippen LogP contribution is -2.26. The van der Waals surface area contributed by atoms with Crippen molar-refractivity contribution in [2.24, 2.45) is 0 Å². The minimum Gasteiger partial charge on any atom is -0.486 e. The van der Waals surface area contributed by atoms with Crippen molar-refractivity contribution in [2.75, 3.05) is 6.54 Å². The van der Waals surface area contributed by atoms with Crippen LogP contribution in [0.3, 0.4) is 0 Å². The molecule has 2 aromatic heterocycles. The van der Waals surface area contributed by atoms with Crippen LogP contribution in [-0.2, 0) is 13.2 Å². The number of carbonyl (C=O) groups is 1. The Kier molecular flexibility index (Phi) is 5.67. The summed E-state index contributed by atoms with van der Waals surface area (Å²) in [6, 6.07) is 7.96. The zero-order valence-corrected chi connectivity index (χ0v) is 14.7. The molecule has 0 saturated heterocycles. The van der Waals surface area contributed by atoms with Crippen LogP contribution in [0.2, 0.25) is 5.02 Å². The molecule has 5 nitrogen and oxygen atoms in total. The lowest BCUT2D eigenvalue weighted by molar-refractivity contribution is 0.0956. The summed E-state index contributed by atoms with van der Waals surface area (Å²) in [4.78, 5) is 12.7. The number of hydrogen-bond donors (Lipinski definition) is 1. The van der Waals surface area contributed by atoms with E-state index in [0.29, 0.717) is 23.0 Å². The zero-order chi connectivity index (χ0) is 17.6. The van der Waals surface area contributed by atoms with E-state index in [-0.39, 0.29) is 18.3 Å². The van der Waals surface area contributed by atoms with Gasteiger partial charge in [-0.05, 0) is 23.6 Å². The Labute approximate surface area is 153 Å². The molecule has 0 saturated carbocycles. The molecule has 0 atom stereocenters. The van der Waals surface area contributed by atoms with Gasteiger partial charge < -0.3 is 10.1 Å². The average molecular weight is 380 g/mol. The molecule has 0 fully saturated rings. The monoisotopic (exact) mass is 379 g/mol. The summed E-state index contributed by atoms with van der Waals surface area (Å²) in [5, 5.41) is 9.24. The molecule has 8 heteroatoms. The molecule has 0 aliphatic rings. The summed E-state index contributed by atoms with van der Waals surface area (Å²) >= 11 is 7.10. The fraction of sp³-hybridized carbons (Fsp3) is 0.176. The summed E-state index contributed by atoms with van der Waals surface area (Å²) in [5.74, 6) is -0.382. The predicted molar refractivity (Wildman–Crippen MR) is 94.6 cm³/mol. The van der Waals surface area contributed by atoms with Crippen LogP contribution in [0.25, 0.3) is 0 Å². The molecule has 2 heterocycles. The van der Waals surface area contributed by atoms with Crippen molar-refractivity contribution in [1.29, 1.82) is 0 Å². The van der Waals surface area contributed by atoms with Crippen molar-refractivity contribution in [2.45, 2.75) is 13.2 Å². The smallest absolute Gasteiger partial charge is 0.261 e. The van der Waals surface area contributed by atoms with Crippen molar-refractivity contribution in [3.63, 3.8) is 0 Å². The molecule has 1 N–H and O–H groups in total. The van der Waals surface area contributed by atoms with Crippen LogP contribution in [0.4, 0.5) is 4.39 Å². The lowest BCUT2D eigenvalue weighted by atomic mass is 10.3. The number of benzene rings is 1. The van der Waals surface area contributed by atoms with Gasteiger partial charge in [-0.15, -0.1) is 11.3 Å². The molecule has 1 aromatic carbocycles. The van der Waals surface area contributed by atoms with E-state index < -0.39 is 5.82 Å². The number of rotatable bonds is 7. The first-order valence-corrected chi connectivity index (χ1v) is 8.78. The van der Waals surface area contributed by atoms with Crippen molar-refractivity contribution in [3.05, 3.63) is 69.4 Å². The van der Waals surface area contributed by atoms with Crippen LogP contribution < -0.4 is 10.1 Å². The highest BCUT2D eigenvalue weighted by molar-refractivity contribution is 7.12. The molecule has 0 spiro atoms. The third kappa shape index (κ3) is 4.80. The summed E-state index contributed by atoms with van der Waals surface area (Å²) in [6.07, 6.45) is 3.24. The van der Waals surface area contributed by atoms with E-state index in [1.165, 1.54) is 17.4 Å². The van der Waals surface area contributed by atoms with Gasteiger partial charge in [-0.1, -0.05) is 23.7 Å². The second-order valence-electron chi connectivity index (χ2n) is 5.22. The third-order valence-electron chi connectivity index (χ3n) is 3.34. The summed E-state index contributed by atoms with van der Waals surface area (Å²) in [5.41, 5.74) is 0.817. The first-order chi connectivity index (χ1) is 12.1. The Balaban J connectivity index is 1.48. The van der Waals surface area contributed by atoms with Crippen LogP contribution in [0, 0.1) is 5.82 Å². The van der Waals surface area contributed by atoms with Crippen molar-refractivity contribution in [1.82, 2.24) is 15.1 Å².